The predicted octanol–water partition coefficient (Wildman–Crippen LogP) is 4.82. The molecule has 1 aliphatic heterocycles. The number of fused-ring (bicyclic) bond motifs is 2. The molecule has 150 valence electrons. The molecule has 0 fully saturated rings. The van der Waals surface area contributed by atoms with E-state index in [4.69, 9.17) is 4.98 Å². The van der Waals surface area contributed by atoms with Crippen molar-refractivity contribution in [1.82, 2.24) is 25.1 Å². The average Bonchev–Trinajstić information content (AvgIpc) is 3.43. The number of benzene rings is 2. The van der Waals surface area contributed by atoms with Gasteiger partial charge >= 0.3 is 0 Å². The van der Waals surface area contributed by atoms with Gasteiger partial charge in [0.05, 0.1) is 28.5 Å². The number of dihydropyridines is 1. The molecule has 0 saturated heterocycles. The summed E-state index contributed by atoms with van der Waals surface area (Å²) in [4.78, 5) is 17.2. The van der Waals surface area contributed by atoms with E-state index in [2.05, 4.69) is 62.4 Å². The highest BCUT2D eigenvalue weighted by molar-refractivity contribution is 5.94. The lowest BCUT2D eigenvalue weighted by Crippen LogP contribution is -2.34. The molecule has 4 heterocycles. The molecular formula is C25H20N6. The quantitative estimate of drug-likeness (QED) is 0.452. The number of aromatic nitrogens is 5. The number of pyridine rings is 1. The smallest absolute Gasteiger partial charge is 0.159 e. The Hall–Kier alpha value is -4.06. The van der Waals surface area contributed by atoms with Gasteiger partial charge in [-0.25, -0.2) is 4.98 Å². The SMILES string of the molecule is CC1=CC=NCC1(c1cccnc1)c1ccc2[nH]nc(-c3nc4ccccc4[nH]3)c2c1. The average molecular weight is 404 g/mol. The Balaban J connectivity index is 1.57. The zero-order chi connectivity index (χ0) is 20.8. The van der Waals surface area contributed by atoms with Crippen LogP contribution in [0.3, 0.4) is 0 Å². The molecule has 6 heteroatoms. The summed E-state index contributed by atoms with van der Waals surface area (Å²) in [6.07, 6.45) is 7.73. The van der Waals surface area contributed by atoms with Gasteiger partial charge in [-0.3, -0.25) is 15.1 Å². The Morgan fingerprint density at radius 2 is 1.90 bits per heavy atom. The van der Waals surface area contributed by atoms with E-state index in [-0.39, 0.29) is 5.41 Å². The third-order valence-electron chi connectivity index (χ3n) is 6.26. The maximum Gasteiger partial charge on any atom is 0.159 e. The highest BCUT2D eigenvalue weighted by atomic mass is 15.1. The summed E-state index contributed by atoms with van der Waals surface area (Å²) in [6.45, 7) is 2.81. The van der Waals surface area contributed by atoms with Crippen LogP contribution < -0.4 is 0 Å². The standard InChI is InChI=1S/C25H20N6/c1-16-10-12-27-15-25(16,18-5-4-11-26-14-18)17-8-9-20-19(13-17)23(31-30-20)24-28-21-6-2-3-7-22(21)29-24/h2-14H,15H2,1H3,(H,28,29)(H,30,31). The minimum absolute atomic E-state index is 0.361. The van der Waals surface area contributed by atoms with Gasteiger partial charge in [0.15, 0.2) is 5.82 Å². The molecular weight excluding hydrogens is 384 g/mol. The van der Waals surface area contributed by atoms with Gasteiger partial charge in [0.1, 0.15) is 5.69 Å². The normalized spacial score (nSPS) is 18.5. The Morgan fingerprint density at radius 3 is 2.74 bits per heavy atom. The molecule has 2 aromatic carbocycles. The van der Waals surface area contributed by atoms with Crippen molar-refractivity contribution in [2.75, 3.05) is 6.54 Å². The maximum atomic E-state index is 4.75. The Bertz CT molecular complexity index is 1440. The summed E-state index contributed by atoms with van der Waals surface area (Å²) < 4.78 is 0. The maximum absolute atomic E-state index is 4.75. The molecule has 31 heavy (non-hydrogen) atoms. The minimum Gasteiger partial charge on any atom is -0.337 e. The Kier molecular flexibility index (Phi) is 3.86. The van der Waals surface area contributed by atoms with Crippen LogP contribution in [0.1, 0.15) is 18.1 Å². The second-order valence-electron chi connectivity index (χ2n) is 7.92. The van der Waals surface area contributed by atoms with Crippen molar-refractivity contribution < 1.29 is 0 Å². The molecule has 1 atom stereocenters. The van der Waals surface area contributed by atoms with Crippen molar-refractivity contribution in [3.05, 3.63) is 89.8 Å². The van der Waals surface area contributed by atoms with E-state index in [0.717, 1.165) is 44.6 Å². The highest BCUT2D eigenvalue weighted by Gasteiger charge is 2.37. The summed E-state index contributed by atoms with van der Waals surface area (Å²) in [5, 5.41) is 8.77. The lowest BCUT2D eigenvalue weighted by molar-refractivity contribution is 0.609. The van der Waals surface area contributed by atoms with E-state index < -0.39 is 0 Å². The van der Waals surface area contributed by atoms with E-state index in [1.807, 2.05) is 42.7 Å². The Labute approximate surface area is 178 Å². The highest BCUT2D eigenvalue weighted by Crippen LogP contribution is 2.42. The summed E-state index contributed by atoms with van der Waals surface area (Å²) in [7, 11) is 0. The third-order valence-corrected chi connectivity index (χ3v) is 6.26. The number of rotatable bonds is 3. The number of nitrogens with zero attached hydrogens (tertiary/aromatic N) is 4. The fourth-order valence-corrected chi connectivity index (χ4v) is 4.57. The number of nitrogens with one attached hydrogen (secondary N) is 2. The number of hydrogen-bond acceptors (Lipinski definition) is 4. The first-order valence-corrected chi connectivity index (χ1v) is 10.3. The Morgan fingerprint density at radius 1 is 0.968 bits per heavy atom. The van der Waals surface area contributed by atoms with Gasteiger partial charge < -0.3 is 4.98 Å². The second-order valence-corrected chi connectivity index (χ2v) is 7.92. The molecule has 0 radical (unpaired) electrons. The molecule has 1 unspecified atom stereocenters. The minimum atomic E-state index is -0.361. The number of allylic oxidation sites excluding steroid dienone is 1. The van der Waals surface area contributed by atoms with Crippen molar-refractivity contribution >= 4 is 28.2 Å². The van der Waals surface area contributed by atoms with Gasteiger partial charge in [0.2, 0.25) is 0 Å². The van der Waals surface area contributed by atoms with Crippen LogP contribution >= 0.6 is 0 Å². The molecule has 1 aliphatic rings. The van der Waals surface area contributed by atoms with Gasteiger partial charge in [0.25, 0.3) is 0 Å². The van der Waals surface area contributed by atoms with Crippen molar-refractivity contribution in [3.8, 4) is 11.5 Å². The lowest BCUT2D eigenvalue weighted by atomic mass is 9.69. The van der Waals surface area contributed by atoms with Crippen molar-refractivity contribution in [2.45, 2.75) is 12.3 Å². The predicted molar refractivity (Wildman–Crippen MR) is 123 cm³/mol. The number of imidazole rings is 1. The monoisotopic (exact) mass is 404 g/mol. The zero-order valence-corrected chi connectivity index (χ0v) is 17.0. The fourth-order valence-electron chi connectivity index (χ4n) is 4.57. The van der Waals surface area contributed by atoms with Gasteiger partial charge in [-0.15, -0.1) is 0 Å². The molecule has 0 amide bonds. The lowest BCUT2D eigenvalue weighted by Gasteiger charge is -2.36. The van der Waals surface area contributed by atoms with Crippen LogP contribution in [0.4, 0.5) is 0 Å². The number of aliphatic imine (C=N–C) groups is 1. The van der Waals surface area contributed by atoms with Crippen LogP contribution in [0, 0.1) is 0 Å². The molecule has 3 aromatic heterocycles. The fraction of sp³-hybridized carbons (Fsp3) is 0.120. The summed E-state index contributed by atoms with van der Waals surface area (Å²) >= 11 is 0. The molecule has 5 aromatic rings. The summed E-state index contributed by atoms with van der Waals surface area (Å²) in [6, 6.07) is 18.6. The first-order valence-electron chi connectivity index (χ1n) is 10.3. The molecule has 6 rings (SSSR count). The van der Waals surface area contributed by atoms with Crippen molar-refractivity contribution in [2.24, 2.45) is 4.99 Å². The molecule has 2 N–H and O–H groups in total. The number of para-hydroxylation sites is 2. The molecule has 0 bridgehead atoms. The van der Waals surface area contributed by atoms with Crippen molar-refractivity contribution in [1.29, 1.82) is 0 Å². The van der Waals surface area contributed by atoms with Crippen LogP contribution in [-0.4, -0.2) is 37.9 Å². The number of aromatic amines is 2. The molecule has 0 saturated carbocycles. The van der Waals surface area contributed by atoms with E-state index in [1.165, 1.54) is 5.57 Å². The zero-order valence-electron chi connectivity index (χ0n) is 17.0. The third kappa shape index (κ3) is 2.65. The summed E-state index contributed by atoms with van der Waals surface area (Å²) in [5.41, 5.74) is 6.89. The summed E-state index contributed by atoms with van der Waals surface area (Å²) in [5.74, 6) is 0.758. The van der Waals surface area contributed by atoms with Gasteiger partial charge in [-0.05, 0) is 54.5 Å². The van der Waals surface area contributed by atoms with E-state index in [9.17, 15) is 0 Å². The molecule has 0 spiro atoms. The molecule has 6 nitrogen and oxygen atoms in total. The molecule has 0 aliphatic carbocycles. The largest absolute Gasteiger partial charge is 0.337 e. The van der Waals surface area contributed by atoms with E-state index in [1.54, 1.807) is 6.20 Å². The van der Waals surface area contributed by atoms with Gasteiger partial charge in [0, 0.05) is 24.0 Å². The topological polar surface area (TPSA) is 82.6 Å². The van der Waals surface area contributed by atoms with Crippen LogP contribution in [-0.2, 0) is 5.41 Å². The van der Waals surface area contributed by atoms with Crippen LogP contribution in [0.25, 0.3) is 33.5 Å². The van der Waals surface area contributed by atoms with Gasteiger partial charge in [-0.2, -0.15) is 5.10 Å². The second kappa shape index (κ2) is 6.74. The van der Waals surface area contributed by atoms with Crippen LogP contribution in [0.15, 0.2) is 83.6 Å². The first kappa shape index (κ1) is 17.8. The van der Waals surface area contributed by atoms with E-state index in [0.29, 0.717) is 6.54 Å². The van der Waals surface area contributed by atoms with Crippen LogP contribution in [0.5, 0.6) is 0 Å². The number of hydrogen-bond donors (Lipinski definition) is 2. The van der Waals surface area contributed by atoms with Crippen molar-refractivity contribution in [3.63, 3.8) is 0 Å². The number of H-pyrrole nitrogens is 2. The van der Waals surface area contributed by atoms with Crippen LogP contribution in [0.2, 0.25) is 0 Å². The van der Waals surface area contributed by atoms with E-state index >= 15 is 0 Å². The van der Waals surface area contributed by atoms with Gasteiger partial charge in [-0.1, -0.05) is 29.8 Å². The first-order chi connectivity index (χ1) is 15.3.